The summed E-state index contributed by atoms with van der Waals surface area (Å²) in [4.78, 5) is 11.3. The van der Waals surface area contributed by atoms with Crippen LogP contribution in [-0.2, 0) is 4.79 Å². The number of rotatable bonds is 2. The van der Waals surface area contributed by atoms with Gasteiger partial charge in [0, 0.05) is 5.92 Å². The van der Waals surface area contributed by atoms with Crippen LogP contribution in [0, 0.1) is 11.8 Å². The van der Waals surface area contributed by atoms with Gasteiger partial charge in [0.05, 0.1) is 0 Å². The first-order valence-electron chi connectivity index (χ1n) is 4.89. The number of carbonyl (C=O) groups is 1. The lowest BCUT2D eigenvalue weighted by Crippen LogP contribution is -2.23. The van der Waals surface area contributed by atoms with Crippen molar-refractivity contribution in [3.8, 4) is 0 Å². The number of Topliss-reactive ketones (excluding diaryl/α,β-unsaturated/α-hetero) is 1. The summed E-state index contributed by atoms with van der Waals surface area (Å²) in [5.74, 6) is 1.22. The lowest BCUT2D eigenvalue weighted by atomic mass is 9.77. The molecule has 0 N–H and O–H groups in total. The molecule has 1 aliphatic rings. The van der Waals surface area contributed by atoms with Crippen LogP contribution in [0.5, 0.6) is 0 Å². The molecule has 0 aromatic carbocycles. The zero-order chi connectivity index (χ0) is 8.97. The van der Waals surface area contributed by atoms with Crippen molar-refractivity contribution < 1.29 is 4.79 Å². The van der Waals surface area contributed by atoms with Crippen molar-refractivity contribution in [2.75, 3.05) is 0 Å². The highest BCUT2D eigenvalue weighted by Gasteiger charge is 2.25. The predicted octanol–water partition coefficient (Wildman–Crippen LogP) is 2.96. The SMILES string of the molecule is C/C=C/C1CCCCC1C(C)=O. The molecule has 0 aliphatic heterocycles. The van der Waals surface area contributed by atoms with E-state index in [1.807, 2.05) is 6.92 Å². The largest absolute Gasteiger partial charge is 0.300 e. The molecule has 0 spiro atoms. The number of ketones is 1. The van der Waals surface area contributed by atoms with Crippen molar-refractivity contribution in [1.82, 2.24) is 0 Å². The van der Waals surface area contributed by atoms with Crippen LogP contribution in [0.4, 0.5) is 0 Å². The van der Waals surface area contributed by atoms with Gasteiger partial charge in [-0.15, -0.1) is 0 Å². The second-order valence-corrected chi connectivity index (χ2v) is 3.69. The van der Waals surface area contributed by atoms with E-state index in [-0.39, 0.29) is 0 Å². The van der Waals surface area contributed by atoms with Gasteiger partial charge in [0.25, 0.3) is 0 Å². The summed E-state index contributed by atoms with van der Waals surface area (Å²) in [5.41, 5.74) is 0. The van der Waals surface area contributed by atoms with Crippen molar-refractivity contribution in [2.24, 2.45) is 11.8 Å². The van der Waals surface area contributed by atoms with Gasteiger partial charge in [-0.3, -0.25) is 4.79 Å². The van der Waals surface area contributed by atoms with Crippen molar-refractivity contribution >= 4 is 5.78 Å². The van der Waals surface area contributed by atoms with Gasteiger partial charge in [0.2, 0.25) is 0 Å². The highest BCUT2D eigenvalue weighted by molar-refractivity contribution is 5.78. The third-order valence-corrected chi connectivity index (χ3v) is 2.78. The Labute approximate surface area is 74.9 Å². The van der Waals surface area contributed by atoms with E-state index in [1.165, 1.54) is 19.3 Å². The standard InChI is InChI=1S/C11H18O/c1-3-6-10-7-4-5-8-11(10)9(2)12/h3,6,10-11H,4-5,7-8H2,1-2H3/b6-3+. The molecule has 2 unspecified atom stereocenters. The van der Waals surface area contributed by atoms with Crippen LogP contribution in [0.3, 0.4) is 0 Å². The summed E-state index contributed by atoms with van der Waals surface area (Å²) in [5, 5.41) is 0. The molecule has 1 heteroatoms. The molecule has 1 nitrogen and oxygen atoms in total. The van der Waals surface area contributed by atoms with Crippen LogP contribution >= 0.6 is 0 Å². The zero-order valence-electron chi connectivity index (χ0n) is 8.05. The Kier molecular flexibility index (Phi) is 3.51. The fourth-order valence-electron chi connectivity index (χ4n) is 2.14. The smallest absolute Gasteiger partial charge is 0.133 e. The molecule has 0 aromatic rings. The zero-order valence-corrected chi connectivity index (χ0v) is 8.05. The number of hydrogen-bond acceptors (Lipinski definition) is 1. The Morgan fingerprint density at radius 1 is 1.33 bits per heavy atom. The highest BCUT2D eigenvalue weighted by Crippen LogP contribution is 2.31. The summed E-state index contributed by atoms with van der Waals surface area (Å²) >= 11 is 0. The molecule has 1 rings (SSSR count). The third-order valence-electron chi connectivity index (χ3n) is 2.78. The summed E-state index contributed by atoms with van der Waals surface area (Å²) in [6, 6.07) is 0. The average molecular weight is 166 g/mol. The molecule has 12 heavy (non-hydrogen) atoms. The van der Waals surface area contributed by atoms with E-state index >= 15 is 0 Å². The van der Waals surface area contributed by atoms with E-state index in [0.717, 1.165) is 6.42 Å². The Bertz CT molecular complexity index is 181. The minimum absolute atomic E-state index is 0.315. The van der Waals surface area contributed by atoms with Gasteiger partial charge in [0.15, 0.2) is 0 Å². The maximum atomic E-state index is 11.3. The molecule has 1 aliphatic carbocycles. The molecule has 0 aromatic heterocycles. The maximum absolute atomic E-state index is 11.3. The summed E-state index contributed by atoms with van der Waals surface area (Å²) in [6.45, 7) is 3.76. The molecule has 0 amide bonds. The lowest BCUT2D eigenvalue weighted by molar-refractivity contribution is -0.122. The first-order chi connectivity index (χ1) is 5.75. The van der Waals surface area contributed by atoms with Gasteiger partial charge < -0.3 is 0 Å². The molecule has 0 heterocycles. The Morgan fingerprint density at radius 3 is 2.58 bits per heavy atom. The van der Waals surface area contributed by atoms with E-state index in [1.54, 1.807) is 6.92 Å². The van der Waals surface area contributed by atoms with Crippen molar-refractivity contribution in [1.29, 1.82) is 0 Å². The number of hydrogen-bond donors (Lipinski definition) is 0. The van der Waals surface area contributed by atoms with Crippen LogP contribution in [0.2, 0.25) is 0 Å². The van der Waals surface area contributed by atoms with Crippen LogP contribution < -0.4 is 0 Å². The maximum Gasteiger partial charge on any atom is 0.133 e. The van der Waals surface area contributed by atoms with Gasteiger partial charge in [-0.2, -0.15) is 0 Å². The second kappa shape index (κ2) is 4.44. The Hall–Kier alpha value is -0.590. The van der Waals surface area contributed by atoms with Crippen LogP contribution in [0.25, 0.3) is 0 Å². The fourth-order valence-corrected chi connectivity index (χ4v) is 2.14. The van der Waals surface area contributed by atoms with Gasteiger partial charge in [-0.1, -0.05) is 25.0 Å². The van der Waals surface area contributed by atoms with E-state index in [4.69, 9.17) is 0 Å². The normalized spacial score (nSPS) is 30.8. The monoisotopic (exact) mass is 166 g/mol. The summed E-state index contributed by atoms with van der Waals surface area (Å²) in [6.07, 6.45) is 9.10. The van der Waals surface area contributed by atoms with Crippen molar-refractivity contribution in [3.05, 3.63) is 12.2 Å². The van der Waals surface area contributed by atoms with E-state index < -0.39 is 0 Å². The molecular weight excluding hydrogens is 148 g/mol. The number of carbonyl (C=O) groups excluding carboxylic acids is 1. The molecule has 1 fully saturated rings. The fraction of sp³-hybridized carbons (Fsp3) is 0.727. The van der Waals surface area contributed by atoms with Gasteiger partial charge in [-0.05, 0) is 32.6 Å². The topological polar surface area (TPSA) is 17.1 Å². The molecule has 0 saturated heterocycles. The van der Waals surface area contributed by atoms with Crippen molar-refractivity contribution in [2.45, 2.75) is 39.5 Å². The first kappa shape index (κ1) is 9.50. The second-order valence-electron chi connectivity index (χ2n) is 3.69. The lowest BCUT2D eigenvalue weighted by Gasteiger charge is -2.27. The molecular formula is C11H18O. The summed E-state index contributed by atoms with van der Waals surface area (Å²) in [7, 11) is 0. The van der Waals surface area contributed by atoms with E-state index in [0.29, 0.717) is 17.6 Å². The Balaban J connectivity index is 2.60. The van der Waals surface area contributed by atoms with Gasteiger partial charge in [-0.25, -0.2) is 0 Å². The first-order valence-corrected chi connectivity index (χ1v) is 4.89. The van der Waals surface area contributed by atoms with Crippen molar-refractivity contribution in [3.63, 3.8) is 0 Å². The van der Waals surface area contributed by atoms with Crippen LogP contribution in [-0.4, -0.2) is 5.78 Å². The quantitative estimate of drug-likeness (QED) is 0.576. The number of allylic oxidation sites excluding steroid dienone is 2. The average Bonchev–Trinajstić information content (AvgIpc) is 2.05. The summed E-state index contributed by atoms with van der Waals surface area (Å²) < 4.78 is 0. The molecule has 68 valence electrons. The molecule has 0 bridgehead atoms. The van der Waals surface area contributed by atoms with Crippen LogP contribution in [0.1, 0.15) is 39.5 Å². The van der Waals surface area contributed by atoms with Crippen LogP contribution in [0.15, 0.2) is 12.2 Å². The molecule has 0 radical (unpaired) electrons. The van der Waals surface area contributed by atoms with Gasteiger partial charge in [0.1, 0.15) is 5.78 Å². The third kappa shape index (κ3) is 2.20. The minimum atomic E-state index is 0.315. The molecule has 2 atom stereocenters. The van der Waals surface area contributed by atoms with E-state index in [9.17, 15) is 4.79 Å². The highest BCUT2D eigenvalue weighted by atomic mass is 16.1. The Morgan fingerprint density at radius 2 is 2.00 bits per heavy atom. The minimum Gasteiger partial charge on any atom is -0.300 e. The van der Waals surface area contributed by atoms with Gasteiger partial charge >= 0.3 is 0 Å². The van der Waals surface area contributed by atoms with E-state index in [2.05, 4.69) is 12.2 Å². The molecule has 1 saturated carbocycles. The predicted molar refractivity (Wildman–Crippen MR) is 50.9 cm³/mol.